The highest BCUT2D eigenvalue weighted by molar-refractivity contribution is 7.94. The number of rotatable bonds is 12. The Labute approximate surface area is 279 Å². The summed E-state index contributed by atoms with van der Waals surface area (Å²) in [5.74, 6) is -0.284. The number of benzene rings is 3. The molecule has 0 fully saturated rings. The van der Waals surface area contributed by atoms with Crippen molar-refractivity contribution < 1.29 is 37.4 Å². The maximum absolute atomic E-state index is 12.4. The maximum Gasteiger partial charge on any atom is 0.299 e. The Morgan fingerprint density at radius 3 is 2.06 bits per heavy atom. The molecule has 0 atom stereocenters. The number of hydrogen-bond donors (Lipinski definition) is 5. The van der Waals surface area contributed by atoms with Crippen LogP contribution < -0.4 is 16.0 Å². The van der Waals surface area contributed by atoms with Crippen LogP contribution in [0.25, 0.3) is 0 Å². The average Bonchev–Trinajstić information content (AvgIpc) is 2.98. The van der Waals surface area contributed by atoms with Gasteiger partial charge < -0.3 is 16.0 Å². The zero-order valence-electron chi connectivity index (χ0n) is 24.4. The van der Waals surface area contributed by atoms with E-state index in [2.05, 4.69) is 40.3 Å². The van der Waals surface area contributed by atoms with Gasteiger partial charge in [-0.1, -0.05) is 16.6 Å². The van der Waals surface area contributed by atoms with Gasteiger partial charge >= 0.3 is 0 Å². The highest BCUT2D eigenvalue weighted by Gasteiger charge is 2.25. The summed E-state index contributed by atoms with van der Waals surface area (Å²) in [6.45, 7) is 7.36. The molecule has 248 valence electrons. The number of nitro benzene ring substituents is 2. The lowest BCUT2D eigenvalue weighted by Crippen LogP contribution is -2.09. The molecule has 0 saturated carbocycles. The number of halogens is 2. The Hall–Kier alpha value is -4.41. The number of nitrogens with one attached hydrogen (secondary N) is 3. The molecule has 0 bridgehead atoms. The molecular formula is C25H22Cl2N8O10S2. The van der Waals surface area contributed by atoms with Gasteiger partial charge in [-0.3, -0.25) is 24.8 Å². The molecule has 0 unspecified atom stereocenters. The third kappa shape index (κ3) is 7.94. The first-order chi connectivity index (χ1) is 22.0. The summed E-state index contributed by atoms with van der Waals surface area (Å²) < 4.78 is 39.4. The van der Waals surface area contributed by atoms with Gasteiger partial charge in [0.15, 0.2) is 0 Å². The van der Waals surface area contributed by atoms with Crippen LogP contribution in [0.5, 0.6) is 0 Å². The van der Waals surface area contributed by atoms with Gasteiger partial charge in [-0.25, -0.2) is 5.26 Å². The van der Waals surface area contributed by atoms with Gasteiger partial charge in [0, 0.05) is 16.3 Å². The molecule has 1 heterocycles. The first-order valence-corrected chi connectivity index (χ1v) is 15.7. The molecule has 1 aromatic heterocycles. The normalized spacial score (nSPS) is 11.3. The van der Waals surface area contributed by atoms with E-state index < -0.39 is 41.3 Å². The first-order valence-electron chi connectivity index (χ1n) is 12.7. The number of anilines is 6. The van der Waals surface area contributed by atoms with Gasteiger partial charge in [0.05, 0.1) is 33.6 Å². The van der Waals surface area contributed by atoms with Crippen LogP contribution in [0.4, 0.5) is 46.0 Å². The number of nitrogens with zero attached hydrogens (tertiary/aromatic N) is 5. The van der Waals surface area contributed by atoms with Crippen LogP contribution >= 0.6 is 35.2 Å². The van der Waals surface area contributed by atoms with Crippen molar-refractivity contribution >= 4 is 91.4 Å². The lowest BCUT2D eigenvalue weighted by Gasteiger charge is -2.20. The van der Waals surface area contributed by atoms with Crippen molar-refractivity contribution in [3.63, 3.8) is 0 Å². The molecule has 0 spiro atoms. The van der Waals surface area contributed by atoms with E-state index in [9.17, 15) is 33.2 Å². The molecule has 0 aliphatic rings. The van der Waals surface area contributed by atoms with Crippen molar-refractivity contribution in [3.8, 4) is 0 Å². The Bertz CT molecular complexity index is 2040. The van der Waals surface area contributed by atoms with Gasteiger partial charge in [-0.15, -0.1) is 4.33 Å². The standard InChI is InChI=1S/C25H22Cl2N8O10S2/c1-10-11(2)21(13(4)22(12(10)3)46-45-44-40)30-25-32-23(27)31-24(33-25)29-16-6-5-14(7-20(16)47(41,42)43)28-17-8-15(26)18(34(36)37)9-19(17)35(38)39/h5-9,28,40H,1-4H3,(H,41,42,43)(H2,29,30,31,32,33). The maximum atomic E-state index is 12.4. The minimum Gasteiger partial charge on any atom is -0.350 e. The fourth-order valence-electron chi connectivity index (χ4n) is 4.39. The second kappa shape index (κ2) is 14.1. The molecule has 0 aliphatic carbocycles. The second-order valence-corrected chi connectivity index (χ2v) is 12.4. The summed E-state index contributed by atoms with van der Waals surface area (Å²) >= 11 is 12.9. The quantitative estimate of drug-likeness (QED) is 0.0319. The fraction of sp³-hybridized carbons (Fsp3) is 0.160. The zero-order valence-corrected chi connectivity index (χ0v) is 27.5. The van der Waals surface area contributed by atoms with E-state index in [0.717, 1.165) is 40.9 Å². The number of aromatic nitrogens is 3. The van der Waals surface area contributed by atoms with Crippen LogP contribution in [0.15, 0.2) is 40.1 Å². The van der Waals surface area contributed by atoms with Gasteiger partial charge in [-0.2, -0.15) is 23.4 Å². The minimum atomic E-state index is -4.94. The summed E-state index contributed by atoms with van der Waals surface area (Å²) in [5, 5.41) is 42.7. The lowest BCUT2D eigenvalue weighted by atomic mass is 9.98. The van der Waals surface area contributed by atoms with E-state index in [-0.39, 0.29) is 34.2 Å². The van der Waals surface area contributed by atoms with Crippen molar-refractivity contribution in [3.05, 3.63) is 83.1 Å². The molecule has 0 saturated heterocycles. The highest BCUT2D eigenvalue weighted by Crippen LogP contribution is 2.40. The summed E-state index contributed by atoms with van der Waals surface area (Å²) in [7, 11) is -4.94. The molecule has 4 aromatic rings. The molecule has 5 N–H and O–H groups in total. The van der Waals surface area contributed by atoms with Crippen molar-refractivity contribution in [1.82, 2.24) is 15.0 Å². The topological polar surface area (TPSA) is 254 Å². The van der Waals surface area contributed by atoms with Gasteiger partial charge in [0.25, 0.3) is 21.5 Å². The molecule has 4 rings (SSSR count). The van der Waals surface area contributed by atoms with Crippen LogP contribution in [-0.4, -0.2) is 43.0 Å². The van der Waals surface area contributed by atoms with E-state index in [1.165, 1.54) is 12.1 Å². The molecular weight excluding hydrogens is 707 g/mol. The van der Waals surface area contributed by atoms with Crippen LogP contribution in [-0.2, 0) is 19.5 Å². The molecule has 18 nitrogen and oxygen atoms in total. The molecule has 47 heavy (non-hydrogen) atoms. The lowest BCUT2D eigenvalue weighted by molar-refractivity contribution is -0.432. The monoisotopic (exact) mass is 728 g/mol. The minimum absolute atomic E-state index is 0.0497. The summed E-state index contributed by atoms with van der Waals surface area (Å²) in [5.41, 5.74) is 1.82. The van der Waals surface area contributed by atoms with E-state index >= 15 is 0 Å². The smallest absolute Gasteiger partial charge is 0.299 e. The van der Waals surface area contributed by atoms with Gasteiger partial charge in [0.1, 0.15) is 15.6 Å². The van der Waals surface area contributed by atoms with Crippen LogP contribution in [0.3, 0.4) is 0 Å². The Morgan fingerprint density at radius 2 is 1.47 bits per heavy atom. The van der Waals surface area contributed by atoms with Crippen LogP contribution in [0, 0.1) is 47.9 Å². The number of hydrogen-bond acceptors (Lipinski definition) is 16. The zero-order chi connectivity index (χ0) is 34.8. The van der Waals surface area contributed by atoms with Gasteiger partial charge in [0.2, 0.25) is 17.2 Å². The van der Waals surface area contributed by atoms with Crippen molar-refractivity contribution in [1.29, 1.82) is 0 Å². The molecule has 22 heteroatoms. The third-order valence-corrected chi connectivity index (χ3v) is 9.07. The number of nitro groups is 2. The Balaban J connectivity index is 1.70. The van der Waals surface area contributed by atoms with Crippen LogP contribution in [0.2, 0.25) is 10.3 Å². The third-order valence-electron chi connectivity index (χ3n) is 6.79. The van der Waals surface area contributed by atoms with Crippen molar-refractivity contribution in [2.75, 3.05) is 16.0 Å². The summed E-state index contributed by atoms with van der Waals surface area (Å²) in [4.78, 5) is 33.2. The van der Waals surface area contributed by atoms with E-state index in [1.54, 1.807) is 6.92 Å². The largest absolute Gasteiger partial charge is 0.350 e. The first kappa shape index (κ1) is 35.4. The average molecular weight is 730 g/mol. The molecule has 0 aliphatic heterocycles. The van der Waals surface area contributed by atoms with Crippen molar-refractivity contribution in [2.24, 2.45) is 0 Å². The molecule has 0 amide bonds. The van der Waals surface area contributed by atoms with Crippen molar-refractivity contribution in [2.45, 2.75) is 37.5 Å². The fourth-order valence-corrected chi connectivity index (χ4v) is 6.05. The highest BCUT2D eigenvalue weighted by atomic mass is 35.5. The summed E-state index contributed by atoms with van der Waals surface area (Å²) in [6.07, 6.45) is 0. The van der Waals surface area contributed by atoms with E-state index in [4.69, 9.17) is 28.5 Å². The second-order valence-electron chi connectivity index (χ2n) is 9.58. The van der Waals surface area contributed by atoms with Crippen LogP contribution in [0.1, 0.15) is 22.3 Å². The molecule has 0 radical (unpaired) electrons. The predicted molar refractivity (Wildman–Crippen MR) is 172 cm³/mol. The van der Waals surface area contributed by atoms with Gasteiger partial charge in [-0.05, 0) is 85.8 Å². The SMILES string of the molecule is Cc1c(C)c(Nc2nc(Cl)nc(Nc3ccc(Nc4cc(Cl)c([N+](=O)[O-])cc4[N+](=O)[O-])cc3S(=O)(=O)O)n2)c(C)c(SOOO)c1C. The Morgan fingerprint density at radius 1 is 0.830 bits per heavy atom. The predicted octanol–water partition coefficient (Wildman–Crippen LogP) is 7.13. The molecule has 3 aromatic carbocycles. The summed E-state index contributed by atoms with van der Waals surface area (Å²) in [6, 6.07) is 5.01. The van der Waals surface area contributed by atoms with E-state index in [0.29, 0.717) is 22.2 Å². The van der Waals surface area contributed by atoms with E-state index in [1.807, 2.05) is 20.8 Å². The Kier molecular flexibility index (Phi) is 10.7.